The van der Waals surface area contributed by atoms with E-state index >= 15 is 0 Å². The highest BCUT2D eigenvalue weighted by Crippen LogP contribution is 2.21. The van der Waals surface area contributed by atoms with Crippen molar-refractivity contribution in [3.05, 3.63) is 32.7 Å². The van der Waals surface area contributed by atoms with Gasteiger partial charge in [0.2, 0.25) is 0 Å². The summed E-state index contributed by atoms with van der Waals surface area (Å²) in [5.74, 6) is -1.32. The van der Waals surface area contributed by atoms with Crippen molar-refractivity contribution in [1.82, 2.24) is 9.80 Å². The van der Waals surface area contributed by atoms with Crippen molar-refractivity contribution >= 4 is 43.7 Å². The number of carbonyl (C=O) groups is 2. The second kappa shape index (κ2) is 7.75. The van der Waals surface area contributed by atoms with Crippen LogP contribution in [0.1, 0.15) is 10.4 Å². The van der Waals surface area contributed by atoms with E-state index in [1.807, 2.05) is 25.1 Å². The van der Waals surface area contributed by atoms with Crippen LogP contribution in [0.5, 0.6) is 0 Å². The monoisotopic (exact) mass is 406 g/mol. The van der Waals surface area contributed by atoms with Crippen molar-refractivity contribution in [2.75, 3.05) is 33.7 Å². The first-order valence-electron chi connectivity index (χ1n) is 5.91. The summed E-state index contributed by atoms with van der Waals surface area (Å²) in [5.41, 5.74) is 0.450. The molecule has 0 heterocycles. The van der Waals surface area contributed by atoms with Crippen molar-refractivity contribution < 1.29 is 14.7 Å². The Bertz CT molecular complexity index is 486. The van der Waals surface area contributed by atoms with Crippen LogP contribution in [-0.4, -0.2) is 60.5 Å². The summed E-state index contributed by atoms with van der Waals surface area (Å²) in [6.07, 6.45) is 0. The van der Waals surface area contributed by atoms with Gasteiger partial charge in [-0.25, -0.2) is 0 Å². The average Bonchev–Trinajstić information content (AvgIpc) is 2.31. The molecule has 1 rings (SSSR count). The molecular formula is C13H16Br2N2O3. The van der Waals surface area contributed by atoms with Gasteiger partial charge in [-0.3, -0.25) is 9.59 Å². The van der Waals surface area contributed by atoms with E-state index in [1.54, 1.807) is 12.1 Å². The van der Waals surface area contributed by atoms with Gasteiger partial charge in [0, 0.05) is 27.6 Å². The molecule has 20 heavy (non-hydrogen) atoms. The van der Waals surface area contributed by atoms with Crippen LogP contribution in [0.3, 0.4) is 0 Å². The Hall–Kier alpha value is -0.920. The quantitative estimate of drug-likeness (QED) is 0.785. The molecule has 0 aromatic heterocycles. The Morgan fingerprint density at radius 2 is 1.65 bits per heavy atom. The van der Waals surface area contributed by atoms with Crippen molar-refractivity contribution in [3.8, 4) is 0 Å². The van der Waals surface area contributed by atoms with E-state index in [-0.39, 0.29) is 12.5 Å². The Labute approximate surface area is 134 Å². The molecule has 0 saturated carbocycles. The Kier molecular flexibility index (Phi) is 6.64. The zero-order valence-electron chi connectivity index (χ0n) is 11.3. The topological polar surface area (TPSA) is 60.9 Å². The van der Waals surface area contributed by atoms with Crippen molar-refractivity contribution in [2.24, 2.45) is 0 Å². The van der Waals surface area contributed by atoms with Crippen LogP contribution < -0.4 is 0 Å². The molecule has 0 aliphatic rings. The van der Waals surface area contributed by atoms with E-state index in [0.717, 1.165) is 8.95 Å². The number of carbonyl (C=O) groups excluding carboxylic acids is 1. The summed E-state index contributed by atoms with van der Waals surface area (Å²) in [6.45, 7) is 0.660. The van der Waals surface area contributed by atoms with Crippen LogP contribution in [0.4, 0.5) is 0 Å². The maximum atomic E-state index is 12.4. The summed E-state index contributed by atoms with van der Waals surface area (Å²) in [5, 5.41) is 8.93. The van der Waals surface area contributed by atoms with Gasteiger partial charge in [0.25, 0.3) is 5.91 Å². The lowest BCUT2D eigenvalue weighted by molar-refractivity contribution is -0.137. The van der Waals surface area contributed by atoms with E-state index < -0.39 is 5.97 Å². The lowest BCUT2D eigenvalue weighted by Crippen LogP contribution is -2.40. The van der Waals surface area contributed by atoms with Gasteiger partial charge in [-0.15, -0.1) is 0 Å². The van der Waals surface area contributed by atoms with Crippen molar-refractivity contribution in [3.63, 3.8) is 0 Å². The maximum absolute atomic E-state index is 12.4. The molecule has 1 aromatic carbocycles. The molecule has 1 aromatic rings. The van der Waals surface area contributed by atoms with Gasteiger partial charge in [0.1, 0.15) is 6.54 Å². The Morgan fingerprint density at radius 1 is 1.10 bits per heavy atom. The van der Waals surface area contributed by atoms with Crippen LogP contribution in [-0.2, 0) is 4.79 Å². The van der Waals surface area contributed by atoms with Gasteiger partial charge in [0.05, 0.1) is 0 Å². The van der Waals surface area contributed by atoms with Crippen molar-refractivity contribution in [2.45, 2.75) is 0 Å². The molecule has 0 aliphatic carbocycles. The number of carboxylic acids is 1. The van der Waals surface area contributed by atoms with Crippen LogP contribution in [0.15, 0.2) is 27.1 Å². The largest absolute Gasteiger partial charge is 0.480 e. The van der Waals surface area contributed by atoms with Crippen LogP contribution in [0.2, 0.25) is 0 Å². The molecule has 5 nitrogen and oxygen atoms in total. The molecule has 0 bridgehead atoms. The minimum atomic E-state index is -1.02. The molecule has 0 spiro atoms. The van der Waals surface area contributed by atoms with E-state index in [1.165, 1.54) is 4.90 Å². The second-order valence-electron chi connectivity index (χ2n) is 4.58. The third-order valence-corrected chi connectivity index (χ3v) is 3.46. The SMILES string of the molecule is CN(C)CCN(CC(=O)O)C(=O)c1cc(Br)cc(Br)c1. The lowest BCUT2D eigenvalue weighted by atomic mass is 10.2. The third kappa shape index (κ3) is 5.60. The molecular weight excluding hydrogens is 392 g/mol. The van der Waals surface area contributed by atoms with Gasteiger partial charge in [-0.1, -0.05) is 31.9 Å². The molecule has 7 heteroatoms. The van der Waals surface area contributed by atoms with Crippen LogP contribution in [0.25, 0.3) is 0 Å². The number of nitrogens with zero attached hydrogens (tertiary/aromatic N) is 2. The fourth-order valence-corrected chi connectivity index (χ4v) is 2.89. The van der Waals surface area contributed by atoms with E-state index in [9.17, 15) is 9.59 Å². The number of carboxylic acid groups (broad SMARTS) is 1. The van der Waals surface area contributed by atoms with Crippen molar-refractivity contribution in [1.29, 1.82) is 0 Å². The molecule has 0 atom stereocenters. The van der Waals surface area contributed by atoms with Gasteiger partial charge >= 0.3 is 5.97 Å². The average molecular weight is 408 g/mol. The fourth-order valence-electron chi connectivity index (χ4n) is 1.60. The minimum absolute atomic E-state index is 0.295. The molecule has 110 valence electrons. The second-order valence-corrected chi connectivity index (χ2v) is 6.41. The standard InChI is InChI=1S/C13H16Br2N2O3/c1-16(2)3-4-17(8-12(18)19)13(20)9-5-10(14)7-11(15)6-9/h5-7H,3-4,8H2,1-2H3,(H,18,19). The normalized spacial score (nSPS) is 10.7. The molecule has 1 amide bonds. The predicted molar refractivity (Wildman–Crippen MR) is 83.9 cm³/mol. The lowest BCUT2D eigenvalue weighted by Gasteiger charge is -2.23. The molecule has 0 unspecified atom stereocenters. The maximum Gasteiger partial charge on any atom is 0.323 e. The smallest absolute Gasteiger partial charge is 0.323 e. The zero-order chi connectivity index (χ0) is 15.3. The van der Waals surface area contributed by atoms with E-state index in [0.29, 0.717) is 18.7 Å². The first kappa shape index (κ1) is 17.1. The molecule has 0 aliphatic heterocycles. The highest BCUT2D eigenvalue weighted by molar-refractivity contribution is 9.11. The fraction of sp³-hybridized carbons (Fsp3) is 0.385. The zero-order valence-corrected chi connectivity index (χ0v) is 14.4. The first-order chi connectivity index (χ1) is 9.29. The van der Waals surface area contributed by atoms with Gasteiger partial charge in [-0.2, -0.15) is 0 Å². The first-order valence-corrected chi connectivity index (χ1v) is 7.50. The number of hydrogen-bond acceptors (Lipinski definition) is 3. The minimum Gasteiger partial charge on any atom is -0.480 e. The molecule has 0 saturated heterocycles. The number of aliphatic carboxylic acids is 1. The molecule has 1 N–H and O–H groups in total. The van der Waals surface area contributed by atoms with Gasteiger partial charge < -0.3 is 14.9 Å². The number of likely N-dealkylation sites (N-methyl/N-ethyl adjacent to an activating group) is 1. The number of benzene rings is 1. The summed E-state index contributed by atoms with van der Waals surface area (Å²) >= 11 is 6.64. The summed E-state index contributed by atoms with van der Waals surface area (Å²) in [4.78, 5) is 26.5. The van der Waals surface area contributed by atoms with E-state index in [4.69, 9.17) is 5.11 Å². The molecule has 0 radical (unpaired) electrons. The summed E-state index contributed by atoms with van der Waals surface area (Å²) < 4.78 is 1.52. The third-order valence-electron chi connectivity index (χ3n) is 2.54. The van der Waals surface area contributed by atoms with Gasteiger partial charge in [0.15, 0.2) is 0 Å². The Morgan fingerprint density at radius 3 is 2.10 bits per heavy atom. The number of hydrogen-bond donors (Lipinski definition) is 1. The van der Waals surface area contributed by atoms with E-state index in [2.05, 4.69) is 31.9 Å². The summed E-state index contributed by atoms with van der Waals surface area (Å²) in [6, 6.07) is 5.17. The highest BCUT2D eigenvalue weighted by Gasteiger charge is 2.19. The van der Waals surface area contributed by atoms with Crippen LogP contribution >= 0.6 is 31.9 Å². The van der Waals surface area contributed by atoms with Crippen LogP contribution in [0, 0.1) is 0 Å². The highest BCUT2D eigenvalue weighted by atomic mass is 79.9. The Balaban J connectivity index is 2.93. The number of amides is 1. The molecule has 0 fully saturated rings. The number of halogens is 2. The van der Waals surface area contributed by atoms with Gasteiger partial charge in [-0.05, 0) is 32.3 Å². The predicted octanol–water partition coefficient (Wildman–Crippen LogP) is 2.30. The summed E-state index contributed by atoms with van der Waals surface area (Å²) in [7, 11) is 3.75. The number of rotatable bonds is 6.